The van der Waals surface area contributed by atoms with Crippen LogP contribution in [0.4, 0.5) is 0 Å². The average Bonchev–Trinajstić information content (AvgIpc) is 2.38. The summed E-state index contributed by atoms with van der Waals surface area (Å²) in [5, 5.41) is 0. The minimum atomic E-state index is -3.30. The Labute approximate surface area is 132 Å². The molecule has 0 aromatic heterocycles. The van der Waals surface area contributed by atoms with Gasteiger partial charge in [-0.1, -0.05) is 42.9 Å². The van der Waals surface area contributed by atoms with E-state index in [-0.39, 0.29) is 17.8 Å². The van der Waals surface area contributed by atoms with Gasteiger partial charge in [-0.3, -0.25) is 0 Å². The van der Waals surface area contributed by atoms with E-state index < -0.39 is 10.0 Å². The van der Waals surface area contributed by atoms with Crippen molar-refractivity contribution in [2.75, 3.05) is 0 Å². The molecule has 1 aromatic rings. The lowest BCUT2D eigenvalue weighted by atomic mass is 10.0. The second-order valence-corrected chi connectivity index (χ2v) is 8.09. The van der Waals surface area contributed by atoms with Gasteiger partial charge < -0.3 is 5.73 Å². The Bertz CT molecular complexity index is 601. The first kappa shape index (κ1) is 16.4. The van der Waals surface area contributed by atoms with Crippen LogP contribution in [0.15, 0.2) is 24.3 Å². The topological polar surface area (TPSA) is 63.4 Å². The fraction of sp³-hybridized carbons (Fsp3) is 0.533. The molecule has 2 N–H and O–H groups in total. The molecule has 2 rings (SSSR count). The molecule has 0 amide bonds. The summed E-state index contributed by atoms with van der Waals surface area (Å²) in [6, 6.07) is 7.27. The van der Waals surface area contributed by atoms with Crippen LogP contribution in [0.25, 0.3) is 0 Å². The molecule has 1 aliphatic heterocycles. The van der Waals surface area contributed by atoms with Crippen LogP contribution in [0.3, 0.4) is 0 Å². The van der Waals surface area contributed by atoms with Gasteiger partial charge in [0.1, 0.15) is 4.99 Å². The molecule has 1 fully saturated rings. The van der Waals surface area contributed by atoms with Crippen LogP contribution in [0.5, 0.6) is 0 Å². The van der Waals surface area contributed by atoms with Gasteiger partial charge in [0, 0.05) is 17.6 Å². The summed E-state index contributed by atoms with van der Waals surface area (Å²) in [5.74, 6) is 0.0271. The van der Waals surface area contributed by atoms with E-state index in [0.29, 0.717) is 4.99 Å². The number of thiocarbonyl (C=S) groups is 1. The highest BCUT2D eigenvalue weighted by atomic mass is 32.2. The molecule has 6 heteroatoms. The zero-order valence-electron chi connectivity index (χ0n) is 12.5. The van der Waals surface area contributed by atoms with Crippen molar-refractivity contribution in [3.05, 3.63) is 35.4 Å². The van der Waals surface area contributed by atoms with Crippen molar-refractivity contribution in [1.29, 1.82) is 0 Å². The second kappa shape index (κ2) is 6.42. The highest BCUT2D eigenvalue weighted by Crippen LogP contribution is 2.27. The molecule has 0 saturated carbocycles. The first-order valence-corrected chi connectivity index (χ1v) is 9.23. The normalized spacial score (nSPS) is 23.9. The van der Waals surface area contributed by atoms with Crippen LogP contribution < -0.4 is 5.73 Å². The van der Waals surface area contributed by atoms with Gasteiger partial charge in [-0.2, -0.15) is 4.31 Å². The highest BCUT2D eigenvalue weighted by molar-refractivity contribution is 7.88. The van der Waals surface area contributed by atoms with Crippen LogP contribution in [0.2, 0.25) is 0 Å². The van der Waals surface area contributed by atoms with Crippen molar-refractivity contribution in [3.63, 3.8) is 0 Å². The first-order valence-electron chi connectivity index (χ1n) is 7.21. The second-order valence-electron chi connectivity index (χ2n) is 5.78. The van der Waals surface area contributed by atoms with E-state index in [0.717, 1.165) is 30.4 Å². The standard InChI is InChI=1S/C15H22N2O2S2/c1-11-4-3-5-12(2)17(11)21(18,19)10-13-6-8-14(9-7-13)15(16)20/h6-9,11-12H,3-5,10H2,1-2H3,(H2,16,20)/t11-,12+. The van der Waals surface area contributed by atoms with Crippen LogP contribution in [0.1, 0.15) is 44.2 Å². The van der Waals surface area contributed by atoms with Gasteiger partial charge >= 0.3 is 0 Å². The molecule has 116 valence electrons. The number of nitrogens with zero attached hydrogens (tertiary/aromatic N) is 1. The maximum atomic E-state index is 12.7. The van der Waals surface area contributed by atoms with Crippen molar-refractivity contribution < 1.29 is 8.42 Å². The number of rotatable bonds is 4. The van der Waals surface area contributed by atoms with E-state index in [1.807, 2.05) is 13.8 Å². The van der Waals surface area contributed by atoms with E-state index in [4.69, 9.17) is 18.0 Å². The molecule has 0 aliphatic carbocycles. The molecule has 0 radical (unpaired) electrons. The van der Waals surface area contributed by atoms with E-state index in [2.05, 4.69) is 0 Å². The third-order valence-corrected chi connectivity index (χ3v) is 6.32. The van der Waals surface area contributed by atoms with Gasteiger partial charge in [-0.05, 0) is 32.3 Å². The summed E-state index contributed by atoms with van der Waals surface area (Å²) in [4.78, 5) is 0.322. The van der Waals surface area contributed by atoms with Crippen molar-refractivity contribution >= 4 is 27.2 Å². The zero-order valence-corrected chi connectivity index (χ0v) is 14.1. The van der Waals surface area contributed by atoms with E-state index in [1.165, 1.54) is 0 Å². The van der Waals surface area contributed by atoms with Crippen molar-refractivity contribution in [1.82, 2.24) is 4.31 Å². The van der Waals surface area contributed by atoms with Gasteiger partial charge in [0.2, 0.25) is 10.0 Å². The average molecular weight is 326 g/mol. The predicted molar refractivity (Wildman–Crippen MR) is 89.6 cm³/mol. The van der Waals surface area contributed by atoms with E-state index in [1.54, 1.807) is 28.6 Å². The summed E-state index contributed by atoms with van der Waals surface area (Å²) >= 11 is 4.90. The fourth-order valence-corrected chi connectivity index (χ4v) is 5.20. The number of sulfonamides is 1. The molecule has 1 heterocycles. The van der Waals surface area contributed by atoms with Gasteiger partial charge in [0.15, 0.2) is 0 Å². The number of hydrogen-bond donors (Lipinski definition) is 1. The van der Waals surface area contributed by atoms with Gasteiger partial charge in [-0.15, -0.1) is 0 Å². The van der Waals surface area contributed by atoms with Gasteiger partial charge in [0.05, 0.1) is 5.75 Å². The van der Waals surface area contributed by atoms with Crippen molar-refractivity contribution in [2.24, 2.45) is 5.73 Å². The Kier molecular flexibility index (Phi) is 5.01. The number of nitrogens with two attached hydrogens (primary N) is 1. The lowest BCUT2D eigenvalue weighted by Gasteiger charge is -2.37. The number of hydrogen-bond acceptors (Lipinski definition) is 3. The molecule has 0 unspecified atom stereocenters. The van der Waals surface area contributed by atoms with Gasteiger partial charge in [0.25, 0.3) is 0 Å². The Balaban J connectivity index is 2.18. The Hall–Kier alpha value is -0.980. The number of benzene rings is 1. The Morgan fingerprint density at radius 3 is 2.24 bits per heavy atom. The third kappa shape index (κ3) is 3.81. The summed E-state index contributed by atoms with van der Waals surface area (Å²) in [6.45, 7) is 3.98. The summed E-state index contributed by atoms with van der Waals surface area (Å²) in [6.07, 6.45) is 2.96. The van der Waals surface area contributed by atoms with Crippen LogP contribution in [-0.2, 0) is 15.8 Å². The SMILES string of the molecule is C[C@@H]1CCC[C@H](C)N1S(=O)(=O)Cc1ccc(C(N)=S)cc1. The minimum absolute atomic E-state index is 0.0271. The predicted octanol–water partition coefficient (Wildman–Crippen LogP) is 2.41. The Morgan fingerprint density at radius 1 is 1.24 bits per heavy atom. The molecular weight excluding hydrogens is 304 g/mol. The van der Waals surface area contributed by atoms with Crippen LogP contribution in [-0.4, -0.2) is 29.8 Å². The fourth-order valence-electron chi connectivity index (χ4n) is 3.00. The van der Waals surface area contributed by atoms with E-state index in [9.17, 15) is 8.42 Å². The molecule has 21 heavy (non-hydrogen) atoms. The maximum absolute atomic E-state index is 12.7. The molecule has 0 bridgehead atoms. The lowest BCUT2D eigenvalue weighted by Crippen LogP contribution is -2.47. The van der Waals surface area contributed by atoms with Crippen LogP contribution >= 0.6 is 12.2 Å². The number of piperidine rings is 1. The molecule has 1 saturated heterocycles. The first-order chi connectivity index (χ1) is 9.81. The molecule has 1 aliphatic rings. The summed E-state index contributed by atoms with van der Waals surface area (Å²) in [7, 11) is -3.30. The molecular formula is C15H22N2O2S2. The smallest absolute Gasteiger partial charge is 0.218 e. The Morgan fingerprint density at radius 2 is 1.76 bits per heavy atom. The quantitative estimate of drug-likeness (QED) is 0.863. The van der Waals surface area contributed by atoms with Crippen molar-refractivity contribution in [2.45, 2.75) is 50.9 Å². The molecule has 4 nitrogen and oxygen atoms in total. The highest BCUT2D eigenvalue weighted by Gasteiger charge is 2.34. The van der Waals surface area contributed by atoms with Crippen molar-refractivity contribution in [3.8, 4) is 0 Å². The molecule has 1 aromatic carbocycles. The molecule has 0 spiro atoms. The largest absolute Gasteiger partial charge is 0.389 e. The zero-order chi connectivity index (χ0) is 15.6. The monoisotopic (exact) mass is 326 g/mol. The van der Waals surface area contributed by atoms with Gasteiger partial charge in [-0.25, -0.2) is 8.42 Å². The third-order valence-electron chi connectivity index (χ3n) is 4.02. The van der Waals surface area contributed by atoms with E-state index >= 15 is 0 Å². The summed E-state index contributed by atoms with van der Waals surface area (Å²) in [5.41, 5.74) is 7.07. The minimum Gasteiger partial charge on any atom is -0.389 e. The maximum Gasteiger partial charge on any atom is 0.218 e. The summed E-state index contributed by atoms with van der Waals surface area (Å²) < 4.78 is 27.0. The van der Waals surface area contributed by atoms with Crippen LogP contribution in [0, 0.1) is 0 Å². The lowest BCUT2D eigenvalue weighted by molar-refractivity contribution is 0.204. The molecule has 2 atom stereocenters.